The first-order valence-corrected chi connectivity index (χ1v) is 39.3. The van der Waals surface area contributed by atoms with Crippen molar-refractivity contribution in [1.82, 2.24) is 49.9 Å². The Morgan fingerprint density at radius 3 is 1.46 bits per heavy atom. The number of likely N-dealkylation sites (tertiary alicyclic amines) is 1. The number of carboxylic acids is 2. The number of ether oxygens (including phenoxy) is 3. The van der Waals surface area contributed by atoms with Gasteiger partial charge in [0.05, 0.1) is 37.1 Å². The monoisotopic (exact) mass is 1560 g/mol. The molecule has 4 aromatic carbocycles. The maximum absolute atomic E-state index is 14.4. The highest BCUT2D eigenvalue weighted by molar-refractivity contribution is 7.90. The van der Waals surface area contributed by atoms with Crippen molar-refractivity contribution in [1.29, 1.82) is 0 Å². The molecule has 6 aliphatic rings. The van der Waals surface area contributed by atoms with E-state index in [1.54, 1.807) is 75.4 Å². The summed E-state index contributed by atoms with van der Waals surface area (Å²) in [5.74, 6) is -6.82. The molecule has 8 atom stereocenters. The van der Waals surface area contributed by atoms with Crippen LogP contribution in [0, 0.1) is 23.5 Å². The fourth-order valence-electron chi connectivity index (χ4n) is 13.7. The highest BCUT2D eigenvalue weighted by Crippen LogP contribution is 2.47. The normalized spacial score (nSPS) is 21.7. The molecule has 0 unspecified atom stereocenters. The topological polar surface area (TPSA) is 390 Å². The number of amides is 7. The Morgan fingerprint density at radius 1 is 0.587 bits per heavy atom. The van der Waals surface area contributed by atoms with Crippen molar-refractivity contribution in [3.05, 3.63) is 144 Å². The van der Waals surface area contributed by atoms with E-state index in [-0.39, 0.29) is 99.1 Å². The Bertz CT molecular complexity index is 4300. The molecule has 0 bridgehead atoms. The molecule has 10 rings (SSSR count). The molecule has 30 nitrogen and oxygen atoms in total. The first-order chi connectivity index (χ1) is 51.7. The van der Waals surface area contributed by atoms with Crippen molar-refractivity contribution in [3.8, 4) is 0 Å². The Morgan fingerprint density at radius 2 is 1.03 bits per heavy atom. The molecule has 0 radical (unpaired) electrons. The number of anilines is 2. The predicted octanol–water partition coefficient (Wildman–Crippen LogP) is 6.77. The molecule has 592 valence electrons. The minimum absolute atomic E-state index is 0.00604. The lowest BCUT2D eigenvalue weighted by atomic mass is 10.1. The second-order valence-corrected chi connectivity index (χ2v) is 32.6. The lowest BCUT2D eigenvalue weighted by molar-refractivity contribution is -0.138. The van der Waals surface area contributed by atoms with E-state index in [4.69, 9.17) is 24.4 Å². The van der Waals surface area contributed by atoms with Crippen LogP contribution in [0.1, 0.15) is 120 Å². The van der Waals surface area contributed by atoms with Crippen LogP contribution in [0.2, 0.25) is 0 Å². The number of hydrogen-bond donors (Lipinski definition) is 9. The fraction of sp³-hybridized carbons (Fsp3) is 0.507. The number of fused-ring (bicyclic) bond motifs is 2. The molecular weight excluding hydrogens is 1460 g/mol. The van der Waals surface area contributed by atoms with E-state index in [0.717, 1.165) is 37.3 Å². The summed E-state index contributed by atoms with van der Waals surface area (Å²) in [5, 5.41) is 32.3. The maximum atomic E-state index is 14.4. The van der Waals surface area contributed by atoms with Gasteiger partial charge in [-0.05, 0) is 160 Å². The number of carbonyl (C=O) groups is 9. The number of hydrogen-bond acceptors (Lipinski definition) is 21. The Labute approximate surface area is 633 Å². The molecule has 2 aliphatic carbocycles. The molecule has 7 amide bonds. The highest BCUT2D eigenvalue weighted by Gasteiger charge is 2.63. The second-order valence-electron chi connectivity index (χ2n) is 29.3. The number of rotatable bonds is 34. The lowest BCUT2D eigenvalue weighted by Gasteiger charge is -2.29. The summed E-state index contributed by atoms with van der Waals surface area (Å²) in [6.07, 6.45) is 3.59. The van der Waals surface area contributed by atoms with Gasteiger partial charge in [0.1, 0.15) is 56.4 Å². The molecule has 2 saturated carbocycles. The third-order valence-corrected chi connectivity index (χ3v) is 22.6. The van der Waals surface area contributed by atoms with Crippen molar-refractivity contribution in [3.63, 3.8) is 0 Å². The third-order valence-electron chi connectivity index (χ3n) is 19.8. The number of carboxylic acid groups (broad SMARTS) is 2. The van der Waals surface area contributed by atoms with Crippen molar-refractivity contribution in [2.45, 2.75) is 175 Å². The average Bonchev–Trinajstić information content (AvgIpc) is 1.59. The fourth-order valence-corrected chi connectivity index (χ4v) is 16.1. The zero-order valence-electron chi connectivity index (χ0n) is 61.8. The van der Waals surface area contributed by atoms with Gasteiger partial charge >= 0.3 is 30.2 Å². The summed E-state index contributed by atoms with van der Waals surface area (Å²) in [5.41, 5.74) is -1.39. The quantitative estimate of drug-likeness (QED) is 0.0132. The van der Waals surface area contributed by atoms with Crippen molar-refractivity contribution < 1.29 is 93.2 Å². The smallest absolute Gasteiger partial charge is 0.411 e. The number of halogens is 2. The van der Waals surface area contributed by atoms with Gasteiger partial charge in [-0.25, -0.2) is 49.4 Å². The molecule has 34 heteroatoms. The van der Waals surface area contributed by atoms with E-state index in [1.165, 1.54) is 52.3 Å². The molecule has 4 heterocycles. The molecule has 0 aromatic heterocycles. The SMILES string of the molecule is C=C[C@@H]1C[C@]1(NC(=O)[C@@H]1C[C@@H](OC(=O)N2Cc3cccc(F)c3C2)CN1)C(=O)NS(=O)(=O)c1ccccc1NCCCCN(C)CCCC(=O)O.C=C[C@@H]1C[C@]1(NC(=O)[C@@H]1C[C@@H](OC(=O)N2Cc3cccc(F)c3C2)CN1C(=O)OC(C)(C)C)C(=O)NS(=O)(=O)c1ccccc1NCCCCN(C)CCCC(=O)O. The molecule has 9 N–H and O–H groups in total. The van der Waals surface area contributed by atoms with Gasteiger partial charge in [0.15, 0.2) is 0 Å². The van der Waals surface area contributed by atoms with Crippen molar-refractivity contribution in [2.24, 2.45) is 11.8 Å². The van der Waals surface area contributed by atoms with Crippen LogP contribution in [0.4, 0.5) is 34.5 Å². The van der Waals surface area contributed by atoms with Crippen LogP contribution in [0.5, 0.6) is 0 Å². The third kappa shape index (κ3) is 21.8. The van der Waals surface area contributed by atoms with Gasteiger partial charge in [-0.15, -0.1) is 13.2 Å². The van der Waals surface area contributed by atoms with Crippen molar-refractivity contribution in [2.75, 3.05) is 77.1 Å². The second kappa shape index (κ2) is 36.2. The largest absolute Gasteiger partial charge is 0.481 e. The molecule has 0 spiro atoms. The Kier molecular flexibility index (Phi) is 27.6. The zero-order chi connectivity index (χ0) is 79.2. The number of benzene rings is 4. The van der Waals surface area contributed by atoms with Crippen LogP contribution in [-0.4, -0.2) is 213 Å². The van der Waals surface area contributed by atoms with Gasteiger partial charge in [-0.1, -0.05) is 60.7 Å². The van der Waals surface area contributed by atoms with Crippen LogP contribution in [-0.2, 0) is 89.2 Å². The molecule has 2 saturated heterocycles. The van der Waals surface area contributed by atoms with Gasteiger partial charge in [-0.3, -0.25) is 43.5 Å². The summed E-state index contributed by atoms with van der Waals surface area (Å²) >= 11 is 0. The molecule has 109 heavy (non-hydrogen) atoms. The number of nitrogens with one attached hydrogen (secondary N) is 7. The van der Waals surface area contributed by atoms with Crippen molar-refractivity contribution >= 4 is 85.3 Å². The number of nitrogens with zero attached hydrogens (tertiary/aromatic N) is 5. The summed E-state index contributed by atoms with van der Waals surface area (Å²) < 4.78 is 104. The van der Waals surface area contributed by atoms with Crippen LogP contribution in [0.15, 0.2) is 120 Å². The van der Waals surface area contributed by atoms with Gasteiger partial charge in [0, 0.05) is 81.4 Å². The van der Waals surface area contributed by atoms with Gasteiger partial charge < -0.3 is 60.8 Å². The van der Waals surface area contributed by atoms with E-state index >= 15 is 0 Å². The van der Waals surface area contributed by atoms with E-state index in [2.05, 4.69) is 54.1 Å². The Balaban J connectivity index is 0.000000253. The summed E-state index contributed by atoms with van der Waals surface area (Å²) in [6, 6.07) is 19.5. The summed E-state index contributed by atoms with van der Waals surface area (Å²) in [6.45, 7) is 16.5. The van der Waals surface area contributed by atoms with E-state index < -0.39 is 133 Å². The van der Waals surface area contributed by atoms with E-state index in [1.807, 2.05) is 19.0 Å². The molecule has 4 fully saturated rings. The molecule has 4 aromatic rings. The number of carbonyl (C=O) groups excluding carboxylic acids is 7. The van der Waals surface area contributed by atoms with Gasteiger partial charge in [0.2, 0.25) is 11.8 Å². The summed E-state index contributed by atoms with van der Waals surface area (Å²) in [4.78, 5) is 123. The van der Waals surface area contributed by atoms with Gasteiger partial charge in [-0.2, -0.15) is 0 Å². The van der Waals surface area contributed by atoms with Crippen LogP contribution in [0.25, 0.3) is 0 Å². The molecular formula is C75H98F2N12O18S2. The first-order valence-electron chi connectivity index (χ1n) is 36.3. The first kappa shape index (κ1) is 83.3. The van der Waals surface area contributed by atoms with Gasteiger partial charge in [0.25, 0.3) is 31.9 Å². The number of para-hydroxylation sites is 2. The van der Waals surface area contributed by atoms with Crippen LogP contribution >= 0.6 is 0 Å². The lowest BCUT2D eigenvalue weighted by Crippen LogP contribution is -2.56. The number of unbranched alkanes of at least 4 members (excludes halogenated alkanes) is 2. The average molecular weight is 1560 g/mol. The molecule has 4 aliphatic heterocycles. The summed E-state index contributed by atoms with van der Waals surface area (Å²) in [7, 11) is -4.99. The van der Waals surface area contributed by atoms with E-state index in [0.29, 0.717) is 73.4 Å². The van der Waals surface area contributed by atoms with Crippen LogP contribution < -0.4 is 36.0 Å². The number of sulfonamides is 2. The minimum atomic E-state index is -4.46. The predicted molar refractivity (Wildman–Crippen MR) is 396 cm³/mol. The number of aliphatic carboxylic acids is 2. The highest BCUT2D eigenvalue weighted by atomic mass is 32.2. The minimum Gasteiger partial charge on any atom is -0.481 e. The Hall–Kier alpha value is -9.77. The maximum Gasteiger partial charge on any atom is 0.411 e. The van der Waals surface area contributed by atoms with Crippen LogP contribution in [0.3, 0.4) is 0 Å². The van der Waals surface area contributed by atoms with E-state index in [9.17, 15) is 68.8 Å². The zero-order valence-corrected chi connectivity index (χ0v) is 63.5. The standard InChI is InChI=1S/C40H53FN6O10S.C35H45FN6O8S/c1-6-27-22-40(27,36(51)44-58(54,55)33-16-8-7-15-31(33)42-18-9-10-19-45(5)20-12-17-34(48)49)43-35(50)32-21-28(24-47(32)38(53)57-39(2,3)4)56-37(52)46-23-26-13-11-14-30(41)29(26)25-46;1-3-24-19-35(24,39-32(45)29-18-25(20-38-29)50-34(47)42-21-23-10-8-11-27(36)26(23)22-42)33(46)40-51(48,49)30-13-5-4-12-28(30)37-15-6-7-16-41(2)17-9-14-31(43)44/h6-8,11,13-16,27-28,32,42H,1,9-10,12,17-25H2,2-5H3,(H,43,50)(H,44,51)(H,48,49);3-5,8,10-13,24-25,29,37-38H,1,6-7,9,14-22H2,2H3,(H,39,45)(H,40,46)(H,43,44)/t27-,28-,32+,40-;24-,25-,29+,35-/m11/s1.